The number of hydrogen-bond acceptors (Lipinski definition) is 1. The first kappa shape index (κ1) is 9.05. The highest BCUT2D eigenvalue weighted by molar-refractivity contribution is 4.80. The molecule has 1 nitrogen and oxygen atoms in total. The summed E-state index contributed by atoms with van der Waals surface area (Å²) in [5.41, 5.74) is 6.06. The molecule has 3 atom stereocenters. The van der Waals surface area contributed by atoms with Crippen LogP contribution in [0.1, 0.15) is 46.0 Å². The summed E-state index contributed by atoms with van der Waals surface area (Å²) >= 11 is 0. The van der Waals surface area contributed by atoms with Gasteiger partial charge in [0.05, 0.1) is 0 Å². The van der Waals surface area contributed by atoms with E-state index in [4.69, 9.17) is 5.73 Å². The van der Waals surface area contributed by atoms with Crippen LogP contribution in [0.4, 0.5) is 0 Å². The number of nitrogens with two attached hydrogens (primary N) is 1. The molecule has 2 N–H and O–H groups in total. The zero-order valence-corrected chi connectivity index (χ0v) is 7.84. The first-order chi connectivity index (χ1) is 5.25. The molecule has 0 aliphatic heterocycles. The lowest BCUT2D eigenvalue weighted by atomic mass is 9.77. The minimum atomic E-state index is 0.499. The van der Waals surface area contributed by atoms with Crippen molar-refractivity contribution in [3.05, 3.63) is 0 Å². The van der Waals surface area contributed by atoms with E-state index in [1.165, 1.54) is 32.1 Å². The highest BCUT2D eigenvalue weighted by Crippen LogP contribution is 2.30. The number of rotatable bonds is 2. The van der Waals surface area contributed by atoms with Crippen molar-refractivity contribution in [3.8, 4) is 0 Å². The predicted molar refractivity (Wildman–Crippen MR) is 49.4 cm³/mol. The minimum Gasteiger partial charge on any atom is -0.327 e. The molecule has 0 aromatic carbocycles. The molecule has 0 saturated heterocycles. The Morgan fingerprint density at radius 1 is 1.36 bits per heavy atom. The summed E-state index contributed by atoms with van der Waals surface area (Å²) in [5.74, 6) is 1.65. The number of hydrogen-bond donors (Lipinski definition) is 1. The Bertz CT molecular complexity index is 107. The van der Waals surface area contributed by atoms with Gasteiger partial charge in [-0.2, -0.15) is 0 Å². The Labute approximate surface area is 70.4 Å². The van der Waals surface area contributed by atoms with Gasteiger partial charge in [0.1, 0.15) is 0 Å². The van der Waals surface area contributed by atoms with Crippen molar-refractivity contribution >= 4 is 0 Å². The monoisotopic (exact) mass is 155 g/mol. The molecule has 66 valence electrons. The summed E-state index contributed by atoms with van der Waals surface area (Å²) in [6.45, 7) is 4.61. The Morgan fingerprint density at radius 3 is 2.55 bits per heavy atom. The molecule has 1 saturated carbocycles. The van der Waals surface area contributed by atoms with E-state index in [1.54, 1.807) is 0 Å². The summed E-state index contributed by atoms with van der Waals surface area (Å²) < 4.78 is 0. The quantitative estimate of drug-likeness (QED) is 0.651. The van der Waals surface area contributed by atoms with E-state index < -0.39 is 0 Å². The lowest BCUT2D eigenvalue weighted by Crippen LogP contribution is -2.36. The first-order valence-corrected chi connectivity index (χ1v) is 5.01. The van der Waals surface area contributed by atoms with Crippen LogP contribution in [0.15, 0.2) is 0 Å². The van der Waals surface area contributed by atoms with Crippen LogP contribution in [0, 0.1) is 11.8 Å². The lowest BCUT2D eigenvalue weighted by Gasteiger charge is -2.32. The Balaban J connectivity index is 2.40. The van der Waals surface area contributed by atoms with E-state index in [9.17, 15) is 0 Å². The molecular weight excluding hydrogens is 134 g/mol. The Hall–Kier alpha value is -0.0400. The van der Waals surface area contributed by atoms with Gasteiger partial charge in [-0.25, -0.2) is 0 Å². The topological polar surface area (TPSA) is 26.0 Å². The summed E-state index contributed by atoms with van der Waals surface area (Å²) in [7, 11) is 0. The van der Waals surface area contributed by atoms with Crippen LogP contribution in [-0.2, 0) is 0 Å². The fourth-order valence-corrected chi connectivity index (χ4v) is 2.20. The Morgan fingerprint density at radius 2 is 2.00 bits per heavy atom. The van der Waals surface area contributed by atoms with Gasteiger partial charge in [-0.15, -0.1) is 0 Å². The van der Waals surface area contributed by atoms with Crippen LogP contribution in [-0.4, -0.2) is 6.04 Å². The fraction of sp³-hybridized carbons (Fsp3) is 1.00. The van der Waals surface area contributed by atoms with Gasteiger partial charge in [-0.05, 0) is 24.7 Å². The Kier molecular flexibility index (Phi) is 3.38. The molecule has 1 fully saturated rings. The molecule has 0 bridgehead atoms. The molecule has 0 spiro atoms. The average Bonchev–Trinajstić information content (AvgIpc) is 2.04. The summed E-state index contributed by atoms with van der Waals surface area (Å²) in [4.78, 5) is 0. The molecular formula is C10H21N. The van der Waals surface area contributed by atoms with Gasteiger partial charge in [0, 0.05) is 6.04 Å². The van der Waals surface area contributed by atoms with Gasteiger partial charge in [0.2, 0.25) is 0 Å². The van der Waals surface area contributed by atoms with Gasteiger partial charge in [-0.1, -0.05) is 33.1 Å². The van der Waals surface area contributed by atoms with E-state index >= 15 is 0 Å². The van der Waals surface area contributed by atoms with Crippen molar-refractivity contribution in [2.24, 2.45) is 17.6 Å². The molecule has 1 heteroatoms. The normalized spacial score (nSPS) is 35.2. The van der Waals surface area contributed by atoms with Crippen molar-refractivity contribution in [2.75, 3.05) is 0 Å². The second kappa shape index (κ2) is 4.10. The summed E-state index contributed by atoms with van der Waals surface area (Å²) in [5, 5.41) is 0. The van der Waals surface area contributed by atoms with E-state index in [0.29, 0.717) is 6.04 Å². The van der Waals surface area contributed by atoms with Gasteiger partial charge >= 0.3 is 0 Å². The van der Waals surface area contributed by atoms with Gasteiger partial charge < -0.3 is 5.73 Å². The third-order valence-electron chi connectivity index (χ3n) is 3.25. The maximum absolute atomic E-state index is 6.06. The van der Waals surface area contributed by atoms with Crippen molar-refractivity contribution in [1.82, 2.24) is 0 Å². The van der Waals surface area contributed by atoms with Gasteiger partial charge in [0.15, 0.2) is 0 Å². The second-order valence-electron chi connectivity index (χ2n) is 4.00. The standard InChI is InChI=1S/C10H21N/c1-3-8(2)9-6-4-5-7-10(9)11/h8-10H,3-7,11H2,1-2H3. The van der Waals surface area contributed by atoms with E-state index in [0.717, 1.165) is 11.8 Å². The molecule has 0 aromatic heterocycles. The van der Waals surface area contributed by atoms with Crippen LogP contribution in [0.2, 0.25) is 0 Å². The molecule has 0 heterocycles. The molecule has 1 aliphatic rings. The van der Waals surface area contributed by atoms with Crippen LogP contribution in [0.3, 0.4) is 0 Å². The highest BCUT2D eigenvalue weighted by Gasteiger charge is 2.25. The maximum atomic E-state index is 6.06. The molecule has 0 aromatic rings. The third-order valence-corrected chi connectivity index (χ3v) is 3.25. The smallest absolute Gasteiger partial charge is 0.00697 e. The first-order valence-electron chi connectivity index (χ1n) is 5.01. The molecule has 11 heavy (non-hydrogen) atoms. The minimum absolute atomic E-state index is 0.499. The third kappa shape index (κ3) is 2.19. The zero-order chi connectivity index (χ0) is 8.27. The van der Waals surface area contributed by atoms with Gasteiger partial charge in [-0.3, -0.25) is 0 Å². The average molecular weight is 155 g/mol. The second-order valence-corrected chi connectivity index (χ2v) is 4.00. The molecule has 3 unspecified atom stereocenters. The zero-order valence-electron chi connectivity index (χ0n) is 7.84. The van der Waals surface area contributed by atoms with Gasteiger partial charge in [0.25, 0.3) is 0 Å². The maximum Gasteiger partial charge on any atom is 0.00697 e. The summed E-state index contributed by atoms with van der Waals surface area (Å²) in [6.07, 6.45) is 6.68. The lowest BCUT2D eigenvalue weighted by molar-refractivity contribution is 0.223. The molecule has 1 aliphatic carbocycles. The van der Waals surface area contributed by atoms with Crippen molar-refractivity contribution in [2.45, 2.75) is 52.0 Å². The predicted octanol–water partition coefficient (Wildman–Crippen LogP) is 2.55. The van der Waals surface area contributed by atoms with Crippen molar-refractivity contribution < 1.29 is 0 Å². The fourth-order valence-electron chi connectivity index (χ4n) is 2.20. The van der Waals surface area contributed by atoms with Crippen LogP contribution >= 0.6 is 0 Å². The van der Waals surface area contributed by atoms with Crippen molar-refractivity contribution in [1.29, 1.82) is 0 Å². The van der Waals surface area contributed by atoms with Crippen LogP contribution in [0.25, 0.3) is 0 Å². The molecule has 0 radical (unpaired) electrons. The van der Waals surface area contributed by atoms with Crippen LogP contribution < -0.4 is 5.73 Å². The molecule has 1 rings (SSSR count). The highest BCUT2D eigenvalue weighted by atomic mass is 14.7. The molecule has 0 amide bonds. The van der Waals surface area contributed by atoms with E-state index in [-0.39, 0.29) is 0 Å². The largest absolute Gasteiger partial charge is 0.327 e. The summed E-state index contributed by atoms with van der Waals surface area (Å²) in [6, 6.07) is 0.499. The van der Waals surface area contributed by atoms with Crippen LogP contribution in [0.5, 0.6) is 0 Å². The van der Waals surface area contributed by atoms with Crippen molar-refractivity contribution in [3.63, 3.8) is 0 Å². The van der Waals surface area contributed by atoms with E-state index in [2.05, 4.69) is 13.8 Å². The van der Waals surface area contributed by atoms with E-state index in [1.807, 2.05) is 0 Å². The SMILES string of the molecule is CCC(C)C1CCCCC1N.